The Morgan fingerprint density at radius 3 is 0.727 bits per heavy atom. The van der Waals surface area contributed by atoms with E-state index in [1.807, 2.05) is 0 Å². The fraction of sp³-hybridized carbons (Fsp3) is 0. The summed E-state index contributed by atoms with van der Waals surface area (Å²) in [6.45, 7) is 0. The molecule has 0 atom stereocenters. The van der Waals surface area contributed by atoms with Crippen LogP contribution in [0.1, 0.15) is 0 Å². The molecule has 0 aromatic heterocycles. The molecule has 10 N–H and O–H groups in total. The van der Waals surface area contributed by atoms with E-state index in [4.69, 9.17) is 17.5 Å². The Kier molecular flexibility index (Phi) is 118. The van der Waals surface area contributed by atoms with Gasteiger partial charge in [0.15, 0.2) is 0 Å². The molecule has 0 spiro atoms. The summed E-state index contributed by atoms with van der Waals surface area (Å²) in [7, 11) is -5.17. The van der Waals surface area contributed by atoms with Crippen LogP contribution in [0.25, 0.3) is 0 Å². The van der Waals surface area contributed by atoms with Crippen LogP contribution in [0.2, 0.25) is 0 Å². The van der Waals surface area contributed by atoms with Gasteiger partial charge in [-0.05, 0) is 0 Å². The van der Waals surface area contributed by atoms with Crippen LogP contribution in [-0.4, -0.2) is 44.9 Å². The number of hydrogen-bond donors (Lipinski definition) is 0. The molecule has 0 unspecified atom stereocenters. The molecule has 11 heteroatoms. The summed E-state index contributed by atoms with van der Waals surface area (Å²) < 4.78 is 34.1. The first-order valence-electron chi connectivity index (χ1n) is 0.667. The Morgan fingerprint density at radius 1 is 0.727 bits per heavy atom. The largest absolute Gasteiger partial charge is 3.00 e. The zero-order chi connectivity index (χ0) is 4.50. The quantitative estimate of drug-likeness (QED) is 0.312. The first-order valence-corrected chi connectivity index (χ1v) is 2.00. The SMILES string of the molecule is O.O.O.O.O.O=S(=O)([O-])[O-].[Pr+3]. The summed E-state index contributed by atoms with van der Waals surface area (Å²) in [6.07, 6.45) is 0. The summed E-state index contributed by atoms with van der Waals surface area (Å²) in [5.74, 6) is 0. The molecule has 11 heavy (non-hydrogen) atoms. The average molecular weight is 327 g/mol. The third kappa shape index (κ3) is 843. The van der Waals surface area contributed by atoms with E-state index in [1.165, 1.54) is 0 Å². The summed E-state index contributed by atoms with van der Waals surface area (Å²) in [4.78, 5) is 0. The Bertz CT molecular complexity index is 92.7. The summed E-state index contributed by atoms with van der Waals surface area (Å²) >= 11 is 0. The van der Waals surface area contributed by atoms with Gasteiger partial charge in [0.2, 0.25) is 0 Å². The van der Waals surface area contributed by atoms with Gasteiger partial charge in [-0.3, -0.25) is 8.42 Å². The minimum atomic E-state index is -5.17. The molecule has 0 amide bonds. The molecular formula is H10O9PrS+. The van der Waals surface area contributed by atoms with Crippen molar-refractivity contribution >= 4 is 10.4 Å². The molecule has 0 aromatic carbocycles. The average Bonchev–Trinajstić information content (AvgIpc) is 0.722. The Morgan fingerprint density at radius 2 is 0.727 bits per heavy atom. The zero-order valence-corrected chi connectivity index (χ0v) is 9.64. The maximum absolute atomic E-state index is 8.52. The summed E-state index contributed by atoms with van der Waals surface area (Å²) in [5, 5.41) is 0. The molecule has 0 aliphatic carbocycles. The van der Waals surface area contributed by atoms with Crippen molar-refractivity contribution in [3.8, 4) is 0 Å². The van der Waals surface area contributed by atoms with Crippen LogP contribution >= 0.6 is 0 Å². The third-order valence-electron chi connectivity index (χ3n) is 0. The van der Waals surface area contributed by atoms with Crippen LogP contribution in [-0.2, 0) is 10.4 Å². The van der Waals surface area contributed by atoms with Gasteiger partial charge in [0.1, 0.15) is 0 Å². The van der Waals surface area contributed by atoms with Gasteiger partial charge in [-0.1, -0.05) is 0 Å². The number of hydrogen-bond acceptors (Lipinski definition) is 4. The molecule has 0 fully saturated rings. The third-order valence-corrected chi connectivity index (χ3v) is 0. The van der Waals surface area contributed by atoms with Crippen molar-refractivity contribution in [2.24, 2.45) is 0 Å². The first kappa shape index (κ1) is 57.8. The van der Waals surface area contributed by atoms with Gasteiger partial charge >= 0.3 is 41.3 Å². The van der Waals surface area contributed by atoms with Gasteiger partial charge in [0, 0.05) is 10.4 Å². The van der Waals surface area contributed by atoms with Crippen molar-refractivity contribution in [1.29, 1.82) is 0 Å². The molecule has 0 saturated carbocycles. The predicted molar refractivity (Wildman–Crippen MR) is 28.5 cm³/mol. The van der Waals surface area contributed by atoms with E-state index < -0.39 is 10.4 Å². The smallest absolute Gasteiger partial charge is 0.759 e. The second-order valence-electron chi connectivity index (χ2n) is 0.408. The molecule has 0 bridgehead atoms. The number of rotatable bonds is 0. The van der Waals surface area contributed by atoms with Gasteiger partial charge in [-0.25, -0.2) is 0 Å². The van der Waals surface area contributed by atoms with Crippen molar-refractivity contribution in [2.75, 3.05) is 0 Å². The Labute approximate surface area is 95.9 Å². The fourth-order valence-corrected chi connectivity index (χ4v) is 0. The van der Waals surface area contributed by atoms with Crippen molar-refractivity contribution in [2.45, 2.75) is 0 Å². The van der Waals surface area contributed by atoms with E-state index in [0.29, 0.717) is 0 Å². The molecule has 0 saturated heterocycles. The Hall–Kier alpha value is 1.03. The molecule has 0 aliphatic rings. The monoisotopic (exact) mass is 327 g/mol. The second-order valence-corrected chi connectivity index (χ2v) is 1.22. The predicted octanol–water partition coefficient (Wildman–Crippen LogP) is -5.46. The van der Waals surface area contributed by atoms with E-state index in [9.17, 15) is 0 Å². The maximum Gasteiger partial charge on any atom is 3.00 e. The standard InChI is InChI=1S/H2O4S.5H2O.Pr/c1-5(2,3)4;;;;;;/h(H2,1,2,3,4);5*1H2;/q;;;;;;+3/p-2. The fourth-order valence-electron chi connectivity index (χ4n) is 0. The van der Waals surface area contributed by atoms with E-state index in [1.54, 1.807) is 0 Å². The van der Waals surface area contributed by atoms with Crippen LogP contribution in [0.4, 0.5) is 0 Å². The summed E-state index contributed by atoms with van der Waals surface area (Å²) in [6, 6.07) is 0. The molecule has 0 aromatic rings. The normalized spacial score (nSPS) is 5.27. The maximum atomic E-state index is 8.52. The van der Waals surface area contributed by atoms with E-state index in [-0.39, 0.29) is 68.7 Å². The minimum absolute atomic E-state index is 0. The van der Waals surface area contributed by atoms with Crippen LogP contribution < -0.4 is 0 Å². The molecule has 9 nitrogen and oxygen atoms in total. The molecule has 0 rings (SSSR count). The molecule has 0 aliphatic heterocycles. The topological polar surface area (TPSA) is 238 Å². The first-order chi connectivity index (χ1) is 2.00. The van der Waals surface area contributed by atoms with Crippen molar-refractivity contribution in [3.05, 3.63) is 0 Å². The van der Waals surface area contributed by atoms with Crippen molar-refractivity contribution in [1.82, 2.24) is 0 Å². The van der Waals surface area contributed by atoms with Gasteiger partial charge in [-0.2, -0.15) is 0 Å². The van der Waals surface area contributed by atoms with Gasteiger partial charge < -0.3 is 36.5 Å². The van der Waals surface area contributed by atoms with Crippen molar-refractivity contribution < 1.29 is 86.2 Å². The molecule has 72 valence electrons. The van der Waals surface area contributed by atoms with Gasteiger partial charge in [0.25, 0.3) is 0 Å². The zero-order valence-electron chi connectivity index (χ0n) is 5.12. The molecule has 0 radical (unpaired) electrons. The Balaban J connectivity index is -0.00000000533. The molecule has 0 heterocycles. The van der Waals surface area contributed by atoms with Crippen LogP contribution in [0, 0.1) is 41.3 Å². The van der Waals surface area contributed by atoms with Gasteiger partial charge in [-0.15, -0.1) is 0 Å². The van der Waals surface area contributed by atoms with E-state index >= 15 is 0 Å². The second kappa shape index (κ2) is 22.5. The van der Waals surface area contributed by atoms with Crippen molar-refractivity contribution in [3.63, 3.8) is 0 Å². The van der Waals surface area contributed by atoms with E-state index in [2.05, 4.69) is 0 Å². The van der Waals surface area contributed by atoms with Crippen LogP contribution in [0.5, 0.6) is 0 Å². The summed E-state index contributed by atoms with van der Waals surface area (Å²) in [5.41, 5.74) is 0. The minimum Gasteiger partial charge on any atom is -0.759 e. The van der Waals surface area contributed by atoms with Gasteiger partial charge in [0.05, 0.1) is 0 Å². The van der Waals surface area contributed by atoms with Crippen LogP contribution in [0.15, 0.2) is 0 Å². The molecular weight excluding hydrogens is 317 g/mol. The van der Waals surface area contributed by atoms with E-state index in [0.717, 1.165) is 0 Å². The van der Waals surface area contributed by atoms with Crippen LogP contribution in [0.3, 0.4) is 0 Å².